The van der Waals surface area contributed by atoms with Crippen LogP contribution in [-0.2, 0) is 5.41 Å². The van der Waals surface area contributed by atoms with Crippen molar-refractivity contribution in [2.24, 2.45) is 0 Å². The maximum atomic E-state index is 5.09. The Labute approximate surface area is 318 Å². The molecule has 0 saturated carbocycles. The Bertz CT molecular complexity index is 3100. The van der Waals surface area contributed by atoms with Gasteiger partial charge in [0.2, 0.25) is 0 Å². The molecule has 254 valence electrons. The van der Waals surface area contributed by atoms with Crippen molar-refractivity contribution < 1.29 is 0 Å². The molecule has 2 aliphatic carbocycles. The topological polar surface area (TPSA) is 38.7 Å². The number of nitrogens with zero attached hydrogens (tertiary/aromatic N) is 3. The third kappa shape index (κ3) is 4.18. The normalized spacial score (nSPS) is 13.2. The molecule has 0 fully saturated rings. The van der Waals surface area contributed by atoms with E-state index < -0.39 is 5.41 Å². The van der Waals surface area contributed by atoms with Crippen molar-refractivity contribution in [3.63, 3.8) is 0 Å². The molecule has 3 nitrogen and oxygen atoms in total. The van der Waals surface area contributed by atoms with Crippen molar-refractivity contribution in [1.82, 2.24) is 15.0 Å². The molecule has 0 N–H and O–H groups in total. The summed E-state index contributed by atoms with van der Waals surface area (Å²) in [6.07, 6.45) is 0. The minimum absolute atomic E-state index is 0.500. The highest BCUT2D eigenvalue weighted by Gasteiger charge is 2.53. The molecule has 1 spiro atoms. The number of fused-ring (bicyclic) bond motifs is 16. The van der Waals surface area contributed by atoms with Gasteiger partial charge in [0.25, 0.3) is 0 Å². The lowest BCUT2D eigenvalue weighted by Gasteiger charge is -2.32. The van der Waals surface area contributed by atoms with Crippen molar-refractivity contribution in [2.75, 3.05) is 0 Å². The van der Waals surface area contributed by atoms with Gasteiger partial charge in [0.05, 0.1) is 5.41 Å². The Hall–Kier alpha value is -7.23. The number of aromatic nitrogens is 3. The molecule has 1 heterocycles. The summed E-state index contributed by atoms with van der Waals surface area (Å²) >= 11 is 0. The van der Waals surface area contributed by atoms with Crippen LogP contribution in [0.1, 0.15) is 22.3 Å². The fourth-order valence-corrected chi connectivity index (χ4v) is 9.63. The van der Waals surface area contributed by atoms with E-state index in [1.54, 1.807) is 0 Å². The Kier molecular flexibility index (Phi) is 6.26. The van der Waals surface area contributed by atoms with Crippen LogP contribution in [0.2, 0.25) is 0 Å². The van der Waals surface area contributed by atoms with Gasteiger partial charge < -0.3 is 0 Å². The van der Waals surface area contributed by atoms with Gasteiger partial charge in [0, 0.05) is 16.7 Å². The minimum atomic E-state index is -0.500. The molecule has 3 heteroatoms. The second-order valence-electron chi connectivity index (χ2n) is 14.7. The van der Waals surface area contributed by atoms with Crippen LogP contribution in [0.5, 0.6) is 0 Å². The first-order valence-corrected chi connectivity index (χ1v) is 18.9. The van der Waals surface area contributed by atoms with E-state index in [-0.39, 0.29) is 0 Å². The van der Waals surface area contributed by atoms with Gasteiger partial charge in [-0.3, -0.25) is 0 Å². The van der Waals surface area contributed by atoms with E-state index in [0.29, 0.717) is 17.5 Å². The van der Waals surface area contributed by atoms with Crippen molar-refractivity contribution in [3.8, 4) is 56.4 Å². The van der Waals surface area contributed by atoms with Crippen LogP contribution in [0.3, 0.4) is 0 Å². The van der Waals surface area contributed by atoms with Gasteiger partial charge >= 0.3 is 0 Å². The van der Waals surface area contributed by atoms with Crippen molar-refractivity contribution >= 4 is 32.3 Å². The molecule has 0 aliphatic heterocycles. The monoisotopic (exact) mass is 697 g/mol. The summed E-state index contributed by atoms with van der Waals surface area (Å²) in [5.74, 6) is 1.97. The molecular formula is C52H31N3. The highest BCUT2D eigenvalue weighted by Crippen LogP contribution is 2.65. The summed E-state index contributed by atoms with van der Waals surface area (Å²) in [7, 11) is 0. The summed E-state index contributed by atoms with van der Waals surface area (Å²) in [4.78, 5) is 15.1. The zero-order chi connectivity index (χ0) is 36.1. The maximum Gasteiger partial charge on any atom is 0.164 e. The Morgan fingerprint density at radius 3 is 1.42 bits per heavy atom. The number of rotatable bonds is 3. The highest BCUT2D eigenvalue weighted by molar-refractivity contribution is 6.20. The van der Waals surface area contributed by atoms with Gasteiger partial charge in [-0.15, -0.1) is 0 Å². The largest absolute Gasteiger partial charge is 0.208 e. The predicted octanol–water partition coefficient (Wildman–Crippen LogP) is 12.7. The standard InChI is InChI=1S/C52H31N3/c1-3-15-32(16-4-1)49-53-50(33-17-5-2-6-18-33)55-51(54-49)35-28-27-34-30-43-46(31-36(34)29-35)52(44-25-13-11-21-39(44)40-22-12-14-26-45(40)52)48-42-24-10-8-20-38(42)37-19-7-9-23-41(37)47(43)48/h1-31H. The molecule has 0 amide bonds. The van der Waals surface area contributed by atoms with Gasteiger partial charge in [-0.25, -0.2) is 15.0 Å². The average molecular weight is 698 g/mol. The van der Waals surface area contributed by atoms with Crippen LogP contribution < -0.4 is 0 Å². The smallest absolute Gasteiger partial charge is 0.164 e. The van der Waals surface area contributed by atoms with Gasteiger partial charge in [-0.05, 0) is 95.0 Å². The number of hydrogen-bond donors (Lipinski definition) is 0. The third-order valence-corrected chi connectivity index (χ3v) is 11.9. The van der Waals surface area contributed by atoms with Crippen molar-refractivity contribution in [2.45, 2.75) is 5.41 Å². The van der Waals surface area contributed by atoms with Crippen molar-refractivity contribution in [3.05, 3.63) is 210 Å². The van der Waals surface area contributed by atoms with Crippen molar-refractivity contribution in [1.29, 1.82) is 0 Å². The molecule has 9 aromatic carbocycles. The third-order valence-electron chi connectivity index (χ3n) is 11.9. The fourth-order valence-electron chi connectivity index (χ4n) is 9.63. The first kappa shape index (κ1) is 30.3. The van der Waals surface area contributed by atoms with Gasteiger partial charge in [0.1, 0.15) is 0 Å². The lowest BCUT2D eigenvalue weighted by molar-refractivity contribution is 0.803. The van der Waals surface area contributed by atoms with Gasteiger partial charge in [0.15, 0.2) is 17.5 Å². The van der Waals surface area contributed by atoms with Crippen LogP contribution in [0.25, 0.3) is 88.7 Å². The predicted molar refractivity (Wildman–Crippen MR) is 225 cm³/mol. The first-order valence-electron chi connectivity index (χ1n) is 18.9. The lowest BCUT2D eigenvalue weighted by Crippen LogP contribution is -2.26. The molecule has 2 aliphatic rings. The van der Waals surface area contributed by atoms with E-state index in [1.807, 2.05) is 36.4 Å². The molecule has 55 heavy (non-hydrogen) atoms. The molecule has 10 aromatic rings. The van der Waals surface area contributed by atoms with E-state index in [1.165, 1.54) is 71.4 Å². The highest BCUT2D eigenvalue weighted by atomic mass is 15.0. The van der Waals surface area contributed by atoms with E-state index in [4.69, 9.17) is 15.0 Å². The first-order chi connectivity index (χ1) is 27.3. The SMILES string of the molecule is c1ccc(-c2nc(-c3ccccc3)nc(-c3ccc4cc5c(cc4c3)C3(c4ccccc4-c4ccccc43)c3c-5c4ccccc4c4ccccc34)n2)cc1. The quantitative estimate of drug-likeness (QED) is 0.173. The summed E-state index contributed by atoms with van der Waals surface area (Å²) in [6.45, 7) is 0. The number of benzene rings is 9. The van der Waals surface area contributed by atoms with E-state index in [0.717, 1.165) is 22.1 Å². The Morgan fingerprint density at radius 1 is 0.309 bits per heavy atom. The molecular weight excluding hydrogens is 667 g/mol. The number of hydrogen-bond acceptors (Lipinski definition) is 3. The van der Waals surface area contributed by atoms with Crippen LogP contribution >= 0.6 is 0 Å². The molecule has 0 saturated heterocycles. The van der Waals surface area contributed by atoms with Gasteiger partial charge in [-0.1, -0.05) is 170 Å². The second kappa shape index (κ2) is 11.4. The Balaban J connectivity index is 1.17. The molecule has 0 bridgehead atoms. The summed E-state index contributed by atoms with van der Waals surface area (Å²) in [6, 6.07) is 68.0. The second-order valence-corrected chi connectivity index (χ2v) is 14.7. The van der Waals surface area contributed by atoms with Crippen LogP contribution in [0.15, 0.2) is 188 Å². The molecule has 0 atom stereocenters. The van der Waals surface area contributed by atoms with Gasteiger partial charge in [-0.2, -0.15) is 0 Å². The minimum Gasteiger partial charge on any atom is -0.208 e. The zero-order valence-electron chi connectivity index (χ0n) is 29.7. The summed E-state index contributed by atoms with van der Waals surface area (Å²) in [5.41, 5.74) is 13.0. The van der Waals surface area contributed by atoms with Crippen LogP contribution in [-0.4, -0.2) is 15.0 Å². The maximum absolute atomic E-state index is 5.09. The van der Waals surface area contributed by atoms with Crippen LogP contribution in [0, 0.1) is 0 Å². The zero-order valence-corrected chi connectivity index (χ0v) is 29.7. The average Bonchev–Trinajstić information content (AvgIpc) is 3.73. The summed E-state index contributed by atoms with van der Waals surface area (Å²) < 4.78 is 0. The van der Waals surface area contributed by atoms with E-state index in [2.05, 4.69) is 152 Å². The van der Waals surface area contributed by atoms with Crippen LogP contribution in [0.4, 0.5) is 0 Å². The fraction of sp³-hybridized carbons (Fsp3) is 0.0192. The lowest BCUT2D eigenvalue weighted by atomic mass is 9.69. The molecule has 0 radical (unpaired) electrons. The van der Waals surface area contributed by atoms with E-state index >= 15 is 0 Å². The molecule has 12 rings (SSSR count). The Morgan fingerprint density at radius 2 is 0.800 bits per heavy atom. The molecule has 1 aromatic heterocycles. The van der Waals surface area contributed by atoms with E-state index in [9.17, 15) is 0 Å². The molecule has 0 unspecified atom stereocenters. The summed E-state index contributed by atoms with van der Waals surface area (Å²) in [5, 5.41) is 7.50.